The van der Waals surface area contributed by atoms with Crippen LogP contribution in [0.15, 0.2) is 48.5 Å². The first kappa shape index (κ1) is 16.5. The third-order valence-corrected chi connectivity index (χ3v) is 4.89. The summed E-state index contributed by atoms with van der Waals surface area (Å²) in [6.45, 7) is 2.09. The van der Waals surface area contributed by atoms with Crippen molar-refractivity contribution in [3.63, 3.8) is 0 Å². The molecular weight excluding hydrogens is 300 g/mol. The van der Waals surface area contributed by atoms with Crippen molar-refractivity contribution in [1.82, 2.24) is 9.80 Å². The molecule has 1 heterocycles. The first-order chi connectivity index (χ1) is 11.5. The quantitative estimate of drug-likeness (QED) is 0.943. The fourth-order valence-corrected chi connectivity index (χ4v) is 3.21. The normalized spacial score (nSPS) is 16.1. The second-order valence-electron chi connectivity index (χ2n) is 6.57. The Balaban J connectivity index is 1.70. The van der Waals surface area contributed by atoms with Crippen LogP contribution in [-0.2, 0) is 0 Å². The predicted octanol–water partition coefficient (Wildman–Crippen LogP) is 3.23. The van der Waals surface area contributed by atoms with Crippen molar-refractivity contribution in [2.24, 2.45) is 0 Å². The van der Waals surface area contributed by atoms with Gasteiger partial charge in [0.05, 0.1) is 0 Å². The fraction of sp³-hybridized carbons (Fsp3) is 0.350. The summed E-state index contributed by atoms with van der Waals surface area (Å²) in [5.41, 5.74) is 2.78. The van der Waals surface area contributed by atoms with E-state index in [4.69, 9.17) is 0 Å². The van der Waals surface area contributed by atoms with Crippen molar-refractivity contribution >= 4 is 5.91 Å². The third kappa shape index (κ3) is 3.60. The summed E-state index contributed by atoms with van der Waals surface area (Å²) >= 11 is 0. The number of amides is 1. The molecule has 1 fully saturated rings. The number of hydrogen-bond acceptors (Lipinski definition) is 3. The van der Waals surface area contributed by atoms with Crippen LogP contribution >= 0.6 is 0 Å². The van der Waals surface area contributed by atoms with Gasteiger partial charge < -0.3 is 14.9 Å². The Bertz CT molecular complexity index is 687. The summed E-state index contributed by atoms with van der Waals surface area (Å²) in [4.78, 5) is 16.9. The highest BCUT2D eigenvalue weighted by molar-refractivity contribution is 5.94. The number of aromatic hydroxyl groups is 1. The van der Waals surface area contributed by atoms with Crippen LogP contribution < -0.4 is 0 Å². The van der Waals surface area contributed by atoms with Crippen molar-refractivity contribution in [3.8, 4) is 16.9 Å². The molecule has 0 atom stereocenters. The average molecular weight is 324 g/mol. The minimum atomic E-state index is 0.0850. The van der Waals surface area contributed by atoms with Crippen molar-refractivity contribution in [3.05, 3.63) is 54.1 Å². The summed E-state index contributed by atoms with van der Waals surface area (Å²) in [6, 6.07) is 15.1. The first-order valence-electron chi connectivity index (χ1n) is 8.40. The molecule has 2 aromatic rings. The van der Waals surface area contributed by atoms with Crippen LogP contribution in [0.25, 0.3) is 11.1 Å². The molecule has 1 saturated heterocycles. The zero-order valence-corrected chi connectivity index (χ0v) is 14.3. The molecule has 1 amide bonds. The highest BCUT2D eigenvalue weighted by Gasteiger charge is 2.24. The van der Waals surface area contributed by atoms with Crippen LogP contribution in [0.5, 0.6) is 5.75 Å². The summed E-state index contributed by atoms with van der Waals surface area (Å²) in [7, 11) is 4.03. The largest absolute Gasteiger partial charge is 0.508 e. The van der Waals surface area contributed by atoms with E-state index in [1.165, 1.54) is 0 Å². The summed E-state index contributed by atoms with van der Waals surface area (Å²) in [5, 5.41) is 9.37. The van der Waals surface area contributed by atoms with Gasteiger partial charge in [0.15, 0.2) is 0 Å². The second kappa shape index (κ2) is 7.05. The van der Waals surface area contributed by atoms with Crippen LogP contribution in [-0.4, -0.2) is 54.0 Å². The lowest BCUT2D eigenvalue weighted by molar-refractivity contribution is 0.0659. The SMILES string of the molecule is CN1CCC(N(C)C(=O)c2ccc(-c3ccc(O)cc3)cc2)CC1. The smallest absolute Gasteiger partial charge is 0.253 e. The van der Waals surface area contributed by atoms with Gasteiger partial charge in [-0.05, 0) is 68.4 Å². The molecule has 0 bridgehead atoms. The van der Waals surface area contributed by atoms with Gasteiger partial charge in [-0.25, -0.2) is 0 Å². The fourth-order valence-electron chi connectivity index (χ4n) is 3.21. The standard InChI is InChI=1S/C20H24N2O2/c1-21-13-11-18(12-14-21)22(2)20(24)17-5-3-15(4-6-17)16-7-9-19(23)10-8-16/h3-10,18,23H,11-14H2,1-2H3. The second-order valence-corrected chi connectivity index (χ2v) is 6.57. The highest BCUT2D eigenvalue weighted by atomic mass is 16.3. The van der Waals surface area contributed by atoms with Crippen LogP contribution in [0.2, 0.25) is 0 Å². The Morgan fingerprint density at radius 3 is 2.04 bits per heavy atom. The summed E-state index contributed by atoms with van der Waals surface area (Å²) < 4.78 is 0. The van der Waals surface area contributed by atoms with E-state index >= 15 is 0 Å². The third-order valence-electron chi connectivity index (χ3n) is 4.89. The highest BCUT2D eigenvalue weighted by Crippen LogP contribution is 2.23. The van der Waals surface area contributed by atoms with Gasteiger partial charge in [-0.3, -0.25) is 4.79 Å². The number of likely N-dealkylation sites (tertiary alicyclic amines) is 1. The molecule has 2 aromatic carbocycles. The summed E-state index contributed by atoms with van der Waals surface area (Å²) in [5.74, 6) is 0.340. The van der Waals surface area contributed by atoms with E-state index in [1.54, 1.807) is 12.1 Å². The minimum Gasteiger partial charge on any atom is -0.508 e. The van der Waals surface area contributed by atoms with Crippen LogP contribution in [0.3, 0.4) is 0 Å². The maximum atomic E-state index is 12.7. The number of rotatable bonds is 3. The van der Waals surface area contributed by atoms with Crippen LogP contribution in [0.1, 0.15) is 23.2 Å². The monoisotopic (exact) mass is 324 g/mol. The van der Waals surface area contributed by atoms with Crippen molar-refractivity contribution in [2.75, 3.05) is 27.2 Å². The Kier molecular flexibility index (Phi) is 4.86. The molecule has 0 aliphatic carbocycles. The lowest BCUT2D eigenvalue weighted by Crippen LogP contribution is -2.44. The average Bonchev–Trinajstić information content (AvgIpc) is 2.62. The molecule has 1 aliphatic heterocycles. The lowest BCUT2D eigenvalue weighted by Gasteiger charge is -2.35. The van der Waals surface area contributed by atoms with Gasteiger partial charge in [0, 0.05) is 18.7 Å². The van der Waals surface area contributed by atoms with Gasteiger partial charge in [-0.15, -0.1) is 0 Å². The van der Waals surface area contributed by atoms with E-state index in [0.29, 0.717) is 6.04 Å². The number of phenolic OH excluding ortho intramolecular Hbond substituents is 1. The Morgan fingerprint density at radius 2 is 1.50 bits per heavy atom. The van der Waals surface area contributed by atoms with Gasteiger partial charge in [-0.1, -0.05) is 24.3 Å². The van der Waals surface area contributed by atoms with Crippen molar-refractivity contribution < 1.29 is 9.90 Å². The molecule has 0 spiro atoms. The van der Waals surface area contributed by atoms with Crippen LogP contribution in [0.4, 0.5) is 0 Å². The number of hydrogen-bond donors (Lipinski definition) is 1. The molecule has 24 heavy (non-hydrogen) atoms. The van der Waals surface area contributed by atoms with E-state index in [-0.39, 0.29) is 11.7 Å². The van der Waals surface area contributed by atoms with E-state index in [2.05, 4.69) is 11.9 Å². The molecule has 3 rings (SSSR count). The Morgan fingerprint density at radius 1 is 1.00 bits per heavy atom. The topological polar surface area (TPSA) is 43.8 Å². The maximum absolute atomic E-state index is 12.7. The lowest BCUT2D eigenvalue weighted by atomic mass is 10.0. The van der Waals surface area contributed by atoms with E-state index in [9.17, 15) is 9.90 Å². The molecule has 0 saturated carbocycles. The molecule has 0 aromatic heterocycles. The van der Waals surface area contributed by atoms with E-state index in [0.717, 1.165) is 42.6 Å². The molecular formula is C20H24N2O2. The Hall–Kier alpha value is -2.33. The number of carbonyl (C=O) groups is 1. The number of phenols is 1. The van der Waals surface area contributed by atoms with Crippen molar-refractivity contribution in [2.45, 2.75) is 18.9 Å². The van der Waals surface area contributed by atoms with E-state index < -0.39 is 0 Å². The number of benzene rings is 2. The number of nitrogens with zero attached hydrogens (tertiary/aromatic N) is 2. The molecule has 1 aliphatic rings. The first-order valence-corrected chi connectivity index (χ1v) is 8.40. The number of carbonyl (C=O) groups excluding carboxylic acids is 1. The van der Waals surface area contributed by atoms with Crippen LogP contribution in [0, 0.1) is 0 Å². The molecule has 4 nitrogen and oxygen atoms in total. The molecule has 126 valence electrons. The predicted molar refractivity (Wildman–Crippen MR) is 96.2 cm³/mol. The molecule has 0 radical (unpaired) electrons. The maximum Gasteiger partial charge on any atom is 0.253 e. The molecule has 0 unspecified atom stereocenters. The van der Waals surface area contributed by atoms with Gasteiger partial charge in [0.25, 0.3) is 5.91 Å². The summed E-state index contributed by atoms with van der Waals surface area (Å²) in [6.07, 6.45) is 2.06. The van der Waals surface area contributed by atoms with Gasteiger partial charge in [-0.2, -0.15) is 0 Å². The minimum absolute atomic E-state index is 0.0850. The Labute approximate surface area is 143 Å². The van der Waals surface area contributed by atoms with Gasteiger partial charge >= 0.3 is 0 Å². The zero-order chi connectivity index (χ0) is 17.1. The zero-order valence-electron chi connectivity index (χ0n) is 14.3. The number of piperidine rings is 1. The van der Waals surface area contributed by atoms with Gasteiger partial charge in [0.2, 0.25) is 0 Å². The van der Waals surface area contributed by atoms with E-state index in [1.807, 2.05) is 48.3 Å². The molecule has 1 N–H and O–H groups in total. The van der Waals surface area contributed by atoms with Gasteiger partial charge in [0.1, 0.15) is 5.75 Å². The molecule has 4 heteroatoms. The van der Waals surface area contributed by atoms with Crippen molar-refractivity contribution in [1.29, 1.82) is 0 Å².